The monoisotopic (exact) mass is 634 g/mol. The van der Waals surface area contributed by atoms with Crippen molar-refractivity contribution >= 4 is 25.8 Å². The van der Waals surface area contributed by atoms with Crippen LogP contribution in [0.5, 0.6) is 11.5 Å². The Hall–Kier alpha value is -2.47. The van der Waals surface area contributed by atoms with Crippen LogP contribution in [0.15, 0.2) is 34.1 Å². The van der Waals surface area contributed by atoms with Gasteiger partial charge in [0.2, 0.25) is 20.0 Å². The summed E-state index contributed by atoms with van der Waals surface area (Å²) >= 11 is 0. The minimum absolute atomic E-state index is 0.0980. The Morgan fingerprint density at radius 3 is 1.65 bits per heavy atom. The zero-order valence-corrected chi connectivity index (χ0v) is 27.9. The van der Waals surface area contributed by atoms with E-state index >= 15 is 0 Å². The number of sulfonamides is 2. The van der Waals surface area contributed by atoms with Crippen molar-refractivity contribution in [2.75, 3.05) is 27.3 Å². The molecule has 0 radical (unpaired) electrons. The number of Topliss-reactive ketones (excluding diaryl/α,β-unsaturated/α-hetero) is 1. The van der Waals surface area contributed by atoms with Crippen molar-refractivity contribution in [1.29, 1.82) is 0 Å². The number of ether oxygens (including phenoxy) is 2. The molecular weight excluding hydrogens is 588 g/mol. The molecule has 2 unspecified atom stereocenters. The molecule has 2 heterocycles. The summed E-state index contributed by atoms with van der Waals surface area (Å²) in [5, 5.41) is 0. The maximum atomic E-state index is 13.9. The molecule has 4 rings (SSSR count). The Morgan fingerprint density at radius 2 is 1.16 bits per heavy atom. The van der Waals surface area contributed by atoms with Crippen molar-refractivity contribution in [2.24, 2.45) is 0 Å². The molecule has 0 aliphatic carbocycles. The molecule has 11 heteroatoms. The highest BCUT2D eigenvalue weighted by molar-refractivity contribution is 7.89. The summed E-state index contributed by atoms with van der Waals surface area (Å²) in [6, 6.07) is 5.99. The molecular formula is C32H46N2O7S2. The van der Waals surface area contributed by atoms with Crippen LogP contribution in [-0.4, -0.2) is 70.6 Å². The van der Waals surface area contributed by atoms with Gasteiger partial charge >= 0.3 is 0 Å². The summed E-state index contributed by atoms with van der Waals surface area (Å²) in [7, 11) is -4.53. The maximum Gasteiger partial charge on any atom is 0.244 e. The number of carbonyl (C=O) groups is 1. The molecule has 238 valence electrons. The molecule has 0 N–H and O–H groups in total. The van der Waals surface area contributed by atoms with Crippen molar-refractivity contribution in [3.63, 3.8) is 0 Å². The molecule has 0 bridgehead atoms. The van der Waals surface area contributed by atoms with E-state index in [-0.39, 0.29) is 23.1 Å². The third kappa shape index (κ3) is 6.95. The fourth-order valence-electron chi connectivity index (χ4n) is 6.88. The van der Waals surface area contributed by atoms with E-state index in [2.05, 4.69) is 0 Å². The molecule has 2 saturated heterocycles. The van der Waals surface area contributed by atoms with Gasteiger partial charge in [0, 0.05) is 25.6 Å². The number of aryl methyl sites for hydroxylation is 4. The summed E-state index contributed by atoms with van der Waals surface area (Å²) in [5.41, 5.74) is 2.48. The average Bonchev–Trinajstić information content (AvgIpc) is 2.96. The third-order valence-electron chi connectivity index (χ3n) is 8.83. The van der Waals surface area contributed by atoms with E-state index in [9.17, 15) is 21.6 Å². The smallest absolute Gasteiger partial charge is 0.244 e. The average molecular weight is 635 g/mol. The lowest BCUT2D eigenvalue weighted by Crippen LogP contribution is -2.48. The number of nitrogens with zero attached hydrogens (tertiary/aromatic N) is 2. The lowest BCUT2D eigenvalue weighted by Gasteiger charge is -2.36. The highest BCUT2D eigenvalue weighted by Crippen LogP contribution is 2.35. The van der Waals surface area contributed by atoms with Gasteiger partial charge in [0.05, 0.1) is 30.1 Å². The van der Waals surface area contributed by atoms with E-state index in [1.54, 1.807) is 70.5 Å². The Balaban J connectivity index is 1.48. The summed E-state index contributed by atoms with van der Waals surface area (Å²) < 4.78 is 69.3. The van der Waals surface area contributed by atoms with Gasteiger partial charge in [-0.2, -0.15) is 8.61 Å². The van der Waals surface area contributed by atoms with Crippen LogP contribution < -0.4 is 9.47 Å². The molecule has 43 heavy (non-hydrogen) atoms. The predicted octanol–water partition coefficient (Wildman–Crippen LogP) is 5.46. The first-order valence-corrected chi connectivity index (χ1v) is 18.1. The molecule has 9 nitrogen and oxygen atoms in total. The van der Waals surface area contributed by atoms with E-state index in [0.29, 0.717) is 77.4 Å². The van der Waals surface area contributed by atoms with Crippen LogP contribution >= 0.6 is 0 Å². The van der Waals surface area contributed by atoms with Crippen molar-refractivity contribution in [3.8, 4) is 11.5 Å². The zero-order chi connectivity index (χ0) is 31.5. The molecule has 2 fully saturated rings. The van der Waals surface area contributed by atoms with E-state index in [1.807, 2.05) is 0 Å². The first kappa shape index (κ1) is 33.4. The quantitative estimate of drug-likeness (QED) is 0.323. The molecule has 0 spiro atoms. The molecule has 2 atom stereocenters. The second kappa shape index (κ2) is 13.7. The SMILES string of the molecule is COc1cc(C)c(S(=O)(=O)N2CCCCC2CCCC(=O)C2CCCCN2S(=O)(=O)c2c(C)cc(OC)cc2C)c(C)c1. The van der Waals surface area contributed by atoms with Crippen LogP contribution in [0.3, 0.4) is 0 Å². The van der Waals surface area contributed by atoms with Gasteiger partial charge in [0.25, 0.3) is 0 Å². The molecule has 2 aliphatic rings. The highest BCUT2D eigenvalue weighted by Gasteiger charge is 2.39. The van der Waals surface area contributed by atoms with Crippen molar-refractivity contribution in [2.45, 2.75) is 107 Å². The van der Waals surface area contributed by atoms with Crippen LogP contribution in [0.1, 0.15) is 80.0 Å². The summed E-state index contributed by atoms with van der Waals surface area (Å²) in [4.78, 5) is 14.1. The molecule has 0 saturated carbocycles. The second-order valence-corrected chi connectivity index (χ2v) is 15.6. The third-order valence-corrected chi connectivity index (χ3v) is 13.3. The summed E-state index contributed by atoms with van der Waals surface area (Å²) in [6.07, 6.45) is 5.71. The van der Waals surface area contributed by atoms with Gasteiger partial charge in [0.1, 0.15) is 11.5 Å². The van der Waals surface area contributed by atoms with Crippen LogP contribution in [0.4, 0.5) is 0 Å². The first-order chi connectivity index (χ1) is 20.3. The van der Waals surface area contributed by atoms with Gasteiger partial charge in [-0.15, -0.1) is 0 Å². The van der Waals surface area contributed by atoms with Crippen LogP contribution in [0.25, 0.3) is 0 Å². The Labute approximate surface area is 257 Å². The number of piperidine rings is 2. The summed E-state index contributed by atoms with van der Waals surface area (Å²) in [6.45, 7) is 7.84. The first-order valence-electron chi connectivity index (χ1n) is 15.2. The van der Waals surface area contributed by atoms with Gasteiger partial charge in [0.15, 0.2) is 5.78 Å². The van der Waals surface area contributed by atoms with Crippen LogP contribution in [0.2, 0.25) is 0 Å². The molecule has 0 amide bonds. The molecule has 0 aromatic heterocycles. The minimum Gasteiger partial charge on any atom is -0.497 e. The largest absolute Gasteiger partial charge is 0.497 e. The number of rotatable bonds is 11. The van der Waals surface area contributed by atoms with E-state index in [1.165, 1.54) is 4.31 Å². The zero-order valence-electron chi connectivity index (χ0n) is 26.3. The number of methoxy groups -OCH3 is 2. The lowest BCUT2D eigenvalue weighted by molar-refractivity contribution is -0.123. The topological polar surface area (TPSA) is 110 Å². The van der Waals surface area contributed by atoms with Gasteiger partial charge in [-0.1, -0.05) is 12.8 Å². The van der Waals surface area contributed by atoms with Gasteiger partial charge in [-0.25, -0.2) is 16.8 Å². The normalized spacial score (nSPS) is 20.6. The van der Waals surface area contributed by atoms with Gasteiger partial charge < -0.3 is 9.47 Å². The number of carbonyl (C=O) groups excluding carboxylic acids is 1. The van der Waals surface area contributed by atoms with E-state index in [4.69, 9.17) is 9.47 Å². The van der Waals surface area contributed by atoms with E-state index in [0.717, 1.165) is 25.7 Å². The number of hydrogen-bond acceptors (Lipinski definition) is 7. The predicted molar refractivity (Wildman–Crippen MR) is 167 cm³/mol. The second-order valence-electron chi connectivity index (χ2n) is 11.9. The van der Waals surface area contributed by atoms with Crippen molar-refractivity contribution in [3.05, 3.63) is 46.5 Å². The van der Waals surface area contributed by atoms with Gasteiger partial charge in [-0.05, 0) is 113 Å². The van der Waals surface area contributed by atoms with Gasteiger partial charge in [-0.3, -0.25) is 4.79 Å². The Bertz CT molecular complexity index is 1510. The standard InChI is InChI=1S/C32H46N2O7S2/c1-22-18-27(40-5)19-23(2)31(22)42(36,37)33-16-9-7-12-26(33)13-11-15-30(35)29-14-8-10-17-34(29)43(38,39)32-24(3)20-28(41-6)21-25(32)4/h18-21,26,29H,7-17H2,1-6H3. The number of benzene rings is 2. The highest BCUT2D eigenvalue weighted by atomic mass is 32.2. The maximum absolute atomic E-state index is 13.9. The van der Waals surface area contributed by atoms with Crippen molar-refractivity contribution < 1.29 is 31.1 Å². The number of hydrogen-bond donors (Lipinski definition) is 0. The molecule has 2 aliphatic heterocycles. The van der Waals surface area contributed by atoms with Crippen LogP contribution in [0, 0.1) is 27.7 Å². The summed E-state index contributed by atoms with van der Waals surface area (Å²) in [5.74, 6) is 1.12. The Morgan fingerprint density at radius 1 is 0.721 bits per heavy atom. The lowest BCUT2D eigenvalue weighted by atomic mass is 9.95. The fourth-order valence-corrected chi connectivity index (χ4v) is 11.1. The number of ketones is 1. The van der Waals surface area contributed by atoms with Crippen LogP contribution in [-0.2, 0) is 24.8 Å². The van der Waals surface area contributed by atoms with Crippen molar-refractivity contribution in [1.82, 2.24) is 8.61 Å². The Kier molecular flexibility index (Phi) is 10.6. The molecule has 2 aromatic rings. The fraction of sp³-hybridized carbons (Fsp3) is 0.594. The minimum atomic E-state index is -3.90. The van der Waals surface area contributed by atoms with E-state index < -0.39 is 26.1 Å². The molecule has 2 aromatic carbocycles.